The van der Waals surface area contributed by atoms with Crippen LogP contribution in [0.15, 0.2) is 109 Å². The zero-order valence-electron chi connectivity index (χ0n) is 28.9. The molecule has 1 aliphatic heterocycles. The summed E-state index contributed by atoms with van der Waals surface area (Å²) >= 11 is 6.62. The normalized spacial score (nSPS) is 15.3. The predicted molar refractivity (Wildman–Crippen MR) is 196 cm³/mol. The van der Waals surface area contributed by atoms with Crippen LogP contribution in [0.4, 0.5) is 10.1 Å². The molecule has 5 aromatic rings. The van der Waals surface area contributed by atoms with Crippen LogP contribution in [0.1, 0.15) is 40.3 Å². The van der Waals surface area contributed by atoms with Crippen molar-refractivity contribution < 1.29 is 37.7 Å². The maximum Gasteiger partial charge on any atom is 0.257 e. The Morgan fingerprint density at radius 1 is 0.827 bits per heavy atom. The number of fused-ring (bicyclic) bond motifs is 1. The summed E-state index contributed by atoms with van der Waals surface area (Å²) in [5.41, 5.74) is 3.62. The number of rotatable bonds is 13. The second kappa shape index (κ2) is 16.6. The largest absolute Gasteiger partial charge is 0.497 e. The summed E-state index contributed by atoms with van der Waals surface area (Å²) < 4.78 is 44.3. The highest BCUT2D eigenvalue weighted by Crippen LogP contribution is 2.46. The molecule has 5 aromatic carbocycles. The second-order valence-electron chi connectivity index (χ2n) is 12.0. The molecule has 6 rings (SSSR count). The third-order valence-electron chi connectivity index (χ3n) is 8.77. The quantitative estimate of drug-likeness (QED) is 0.132. The minimum atomic E-state index is -1.28. The first-order chi connectivity index (χ1) is 25.3. The smallest absolute Gasteiger partial charge is 0.257 e. The van der Waals surface area contributed by atoms with Crippen molar-refractivity contribution in [1.29, 1.82) is 0 Å². The summed E-state index contributed by atoms with van der Waals surface area (Å²) in [6.45, 7) is 0.295. The number of methoxy groups -OCH3 is 3. The molecule has 9 nitrogen and oxygen atoms in total. The number of anilines is 1. The van der Waals surface area contributed by atoms with Gasteiger partial charge in [-0.05, 0) is 48.0 Å². The Labute approximate surface area is 306 Å². The predicted octanol–water partition coefficient (Wildman–Crippen LogP) is 7.81. The summed E-state index contributed by atoms with van der Waals surface area (Å²) in [5.74, 6) is 0.537. The first kappa shape index (κ1) is 36.2. The Kier molecular flexibility index (Phi) is 11.6. The van der Waals surface area contributed by atoms with E-state index in [1.807, 2.05) is 48.5 Å². The Morgan fingerprint density at radius 2 is 1.62 bits per heavy atom. The van der Waals surface area contributed by atoms with E-state index in [1.54, 1.807) is 66.6 Å². The van der Waals surface area contributed by atoms with Crippen LogP contribution in [0.25, 0.3) is 0 Å². The maximum absolute atomic E-state index is 14.6. The number of nitrogens with zero attached hydrogens (tertiary/aromatic N) is 1. The highest BCUT2D eigenvalue weighted by Gasteiger charge is 2.39. The van der Waals surface area contributed by atoms with E-state index in [0.29, 0.717) is 56.0 Å². The van der Waals surface area contributed by atoms with Crippen molar-refractivity contribution in [3.8, 4) is 23.0 Å². The summed E-state index contributed by atoms with van der Waals surface area (Å²) in [6, 6.07) is 31.8. The number of carbonyl (C=O) groups excluding carboxylic acids is 2. The molecule has 2 atom stereocenters. The van der Waals surface area contributed by atoms with Gasteiger partial charge in [0.2, 0.25) is 5.91 Å². The minimum Gasteiger partial charge on any atom is -0.497 e. The molecule has 0 saturated carbocycles. The molecule has 268 valence electrons. The number of benzene rings is 5. The molecular weight excluding hydrogens is 687 g/mol. The van der Waals surface area contributed by atoms with Gasteiger partial charge >= 0.3 is 0 Å². The summed E-state index contributed by atoms with van der Waals surface area (Å²) in [6.07, 6.45) is -2.56. The number of amides is 2. The topological polar surface area (TPSA) is 95.6 Å². The minimum absolute atomic E-state index is 0.0624. The lowest BCUT2D eigenvalue weighted by Crippen LogP contribution is -2.41. The lowest BCUT2D eigenvalue weighted by atomic mass is 9.97. The molecular formula is C41H38ClFN2O7. The fourth-order valence-corrected chi connectivity index (χ4v) is 6.33. The maximum atomic E-state index is 14.6. The van der Waals surface area contributed by atoms with Crippen molar-refractivity contribution in [3.05, 3.63) is 148 Å². The van der Waals surface area contributed by atoms with Crippen molar-refractivity contribution in [1.82, 2.24) is 5.32 Å². The number of nitrogens with one attached hydrogen (secondary N) is 1. The number of halogens is 2. The molecule has 0 fully saturated rings. The average Bonchev–Trinajstić information content (AvgIpc) is 3.27. The van der Waals surface area contributed by atoms with Crippen LogP contribution in [0.3, 0.4) is 0 Å². The van der Waals surface area contributed by atoms with Crippen molar-refractivity contribution in [2.75, 3.05) is 26.2 Å². The lowest BCUT2D eigenvalue weighted by Gasteiger charge is -2.26. The number of hydrogen-bond donors (Lipinski definition) is 1. The lowest BCUT2D eigenvalue weighted by molar-refractivity contribution is -0.138. The van der Waals surface area contributed by atoms with Crippen molar-refractivity contribution in [2.24, 2.45) is 0 Å². The van der Waals surface area contributed by atoms with Gasteiger partial charge in [-0.15, -0.1) is 0 Å². The van der Waals surface area contributed by atoms with Crippen LogP contribution in [-0.2, 0) is 34.0 Å². The number of carbonyl (C=O) groups is 2. The van der Waals surface area contributed by atoms with Crippen LogP contribution < -0.4 is 29.2 Å². The van der Waals surface area contributed by atoms with Gasteiger partial charge in [-0.1, -0.05) is 72.3 Å². The fraction of sp³-hybridized carbons (Fsp3) is 0.220. The van der Waals surface area contributed by atoms with Gasteiger partial charge in [0, 0.05) is 39.9 Å². The Morgan fingerprint density at radius 3 is 2.37 bits per heavy atom. The molecule has 0 saturated heterocycles. The summed E-state index contributed by atoms with van der Waals surface area (Å²) in [4.78, 5) is 29.7. The molecule has 0 bridgehead atoms. The van der Waals surface area contributed by atoms with Gasteiger partial charge in [0.1, 0.15) is 36.1 Å². The van der Waals surface area contributed by atoms with Crippen LogP contribution >= 0.6 is 11.6 Å². The van der Waals surface area contributed by atoms with Crippen LogP contribution in [-0.4, -0.2) is 39.2 Å². The zero-order chi connectivity index (χ0) is 36.6. The molecule has 1 N–H and O–H groups in total. The number of hydrogen-bond acceptors (Lipinski definition) is 7. The van der Waals surface area contributed by atoms with E-state index in [-0.39, 0.29) is 26.1 Å². The summed E-state index contributed by atoms with van der Waals surface area (Å²) in [5, 5.41) is 3.16. The highest BCUT2D eigenvalue weighted by molar-refractivity contribution is 6.30. The SMILES string of the molecule is COc1ccc(CN2C(=O)[C@@H](CC(=O)NCc3ccccc3F)O[C@H](c3cccc(OCc4ccccc4)c3OC)c3cc(Cl)ccc32)c(OC)c1. The second-order valence-corrected chi connectivity index (χ2v) is 12.5. The van der Waals surface area contributed by atoms with Gasteiger partial charge in [-0.3, -0.25) is 9.59 Å². The van der Waals surface area contributed by atoms with E-state index in [1.165, 1.54) is 20.3 Å². The van der Waals surface area contributed by atoms with Gasteiger partial charge in [0.25, 0.3) is 5.91 Å². The fourth-order valence-electron chi connectivity index (χ4n) is 6.14. The van der Waals surface area contributed by atoms with Gasteiger partial charge in [-0.25, -0.2) is 4.39 Å². The van der Waals surface area contributed by atoms with Crippen molar-refractivity contribution in [2.45, 2.75) is 38.3 Å². The monoisotopic (exact) mass is 724 g/mol. The first-order valence-corrected chi connectivity index (χ1v) is 17.0. The molecule has 52 heavy (non-hydrogen) atoms. The number of ether oxygens (including phenoxy) is 5. The molecule has 0 aliphatic carbocycles. The highest BCUT2D eigenvalue weighted by atomic mass is 35.5. The molecule has 0 spiro atoms. The third-order valence-corrected chi connectivity index (χ3v) is 9.00. The third kappa shape index (κ3) is 8.14. The molecule has 2 amide bonds. The average molecular weight is 725 g/mol. The van der Waals surface area contributed by atoms with Crippen molar-refractivity contribution in [3.63, 3.8) is 0 Å². The van der Waals surface area contributed by atoms with E-state index >= 15 is 0 Å². The Balaban J connectivity index is 1.41. The molecule has 1 heterocycles. The Bertz CT molecular complexity index is 2040. The Hall–Kier alpha value is -5.58. The van der Waals surface area contributed by atoms with Crippen LogP contribution in [0.2, 0.25) is 5.02 Å². The van der Waals surface area contributed by atoms with Crippen LogP contribution in [0, 0.1) is 5.82 Å². The van der Waals surface area contributed by atoms with Gasteiger partial charge in [0.15, 0.2) is 11.5 Å². The molecule has 1 aliphatic rings. The molecule has 0 radical (unpaired) electrons. The van der Waals surface area contributed by atoms with E-state index in [9.17, 15) is 14.0 Å². The first-order valence-electron chi connectivity index (χ1n) is 16.6. The van der Waals surface area contributed by atoms with E-state index < -0.39 is 29.8 Å². The van der Waals surface area contributed by atoms with Gasteiger partial charge in [0.05, 0.1) is 40.0 Å². The standard InChI is InChI=1S/C41H38ClFN2O7/c1-48-30-18-16-28(36(21-30)49-2)24-45-34-19-17-29(42)20-32(34)39(31-13-9-15-35(40(31)50-3)51-25-26-10-5-4-6-11-26)52-37(41(45)47)22-38(46)44-23-27-12-7-8-14-33(27)43/h4-21,37,39H,22-25H2,1-3H3,(H,44,46)/t37-,39-/m1/s1. The molecule has 11 heteroatoms. The van der Waals surface area contributed by atoms with E-state index in [0.717, 1.165) is 5.56 Å². The molecule has 0 aromatic heterocycles. The van der Waals surface area contributed by atoms with E-state index in [4.69, 9.17) is 35.3 Å². The van der Waals surface area contributed by atoms with Crippen LogP contribution in [0.5, 0.6) is 23.0 Å². The summed E-state index contributed by atoms with van der Waals surface area (Å²) in [7, 11) is 4.63. The molecule has 0 unspecified atom stereocenters. The van der Waals surface area contributed by atoms with Gasteiger partial charge < -0.3 is 33.9 Å². The zero-order valence-corrected chi connectivity index (χ0v) is 29.7. The van der Waals surface area contributed by atoms with Crippen molar-refractivity contribution >= 4 is 29.1 Å². The number of para-hydroxylation sites is 1. The van der Waals surface area contributed by atoms with Gasteiger partial charge in [-0.2, -0.15) is 0 Å². The van der Waals surface area contributed by atoms with E-state index in [2.05, 4.69) is 5.32 Å².